The lowest BCUT2D eigenvalue weighted by molar-refractivity contribution is 0.303. The molecule has 0 heterocycles. The van der Waals surface area contributed by atoms with E-state index in [1.165, 1.54) is 12.1 Å². The molecule has 0 aromatic heterocycles. The molecule has 1 rings (SSSR count). The van der Waals surface area contributed by atoms with Crippen molar-refractivity contribution >= 4 is 0 Å². The average molecular weight is 262 g/mol. The molecular weight excluding hydrogens is 239 g/mol. The number of nitrogens with two attached hydrogens (primary N) is 1. The van der Waals surface area contributed by atoms with Crippen LogP contribution >= 0.6 is 0 Å². The van der Waals surface area contributed by atoms with E-state index >= 15 is 0 Å². The van der Waals surface area contributed by atoms with Gasteiger partial charge in [0.05, 0.1) is 6.54 Å². The van der Waals surface area contributed by atoms with Crippen LogP contribution in [0.5, 0.6) is 0 Å². The second kappa shape index (κ2) is 7.93. The molecule has 0 atom stereocenters. The third-order valence-corrected chi connectivity index (χ3v) is 2.93. The van der Waals surface area contributed by atoms with E-state index in [2.05, 4.69) is 37.6 Å². The number of hydrogen-bond donors (Lipinski definition) is 1. The fraction of sp³-hybridized carbons (Fsp3) is 0.500. The van der Waals surface area contributed by atoms with Crippen LogP contribution in [-0.4, -0.2) is 25.0 Å². The number of benzene rings is 1. The van der Waals surface area contributed by atoms with Gasteiger partial charge in [-0.1, -0.05) is 31.8 Å². The van der Waals surface area contributed by atoms with E-state index in [-0.39, 0.29) is 5.82 Å². The van der Waals surface area contributed by atoms with Gasteiger partial charge in [0.25, 0.3) is 0 Å². The van der Waals surface area contributed by atoms with Gasteiger partial charge in [-0.3, -0.25) is 0 Å². The van der Waals surface area contributed by atoms with E-state index in [1.807, 2.05) is 6.07 Å². The molecule has 2 nitrogen and oxygen atoms in total. The second-order valence-electron chi connectivity index (χ2n) is 5.23. The third-order valence-electron chi connectivity index (χ3n) is 2.93. The van der Waals surface area contributed by atoms with Gasteiger partial charge in [-0.15, -0.1) is 0 Å². The van der Waals surface area contributed by atoms with Gasteiger partial charge in [-0.2, -0.15) is 0 Å². The van der Waals surface area contributed by atoms with Crippen molar-refractivity contribution in [2.75, 3.05) is 20.1 Å². The summed E-state index contributed by atoms with van der Waals surface area (Å²) >= 11 is 0. The Morgan fingerprint density at radius 1 is 1.37 bits per heavy atom. The van der Waals surface area contributed by atoms with Crippen LogP contribution in [0.2, 0.25) is 0 Å². The third kappa shape index (κ3) is 5.87. The number of rotatable bonds is 5. The van der Waals surface area contributed by atoms with Gasteiger partial charge in [0.15, 0.2) is 0 Å². The first kappa shape index (κ1) is 15.7. The summed E-state index contributed by atoms with van der Waals surface area (Å²) < 4.78 is 13.3. The Balaban J connectivity index is 2.76. The van der Waals surface area contributed by atoms with Crippen LogP contribution in [0.15, 0.2) is 18.2 Å². The molecule has 1 aromatic carbocycles. The first-order valence-corrected chi connectivity index (χ1v) is 6.68. The zero-order valence-electron chi connectivity index (χ0n) is 12.0. The van der Waals surface area contributed by atoms with Crippen LogP contribution < -0.4 is 5.73 Å². The maximum absolute atomic E-state index is 13.3. The molecule has 0 aliphatic heterocycles. The van der Waals surface area contributed by atoms with Gasteiger partial charge < -0.3 is 10.6 Å². The maximum atomic E-state index is 13.3. The van der Waals surface area contributed by atoms with Gasteiger partial charge in [0, 0.05) is 12.1 Å². The van der Waals surface area contributed by atoms with E-state index < -0.39 is 0 Å². The molecule has 3 heteroatoms. The summed E-state index contributed by atoms with van der Waals surface area (Å²) in [5, 5.41) is 0. The Morgan fingerprint density at radius 3 is 2.74 bits per heavy atom. The van der Waals surface area contributed by atoms with Crippen molar-refractivity contribution in [1.29, 1.82) is 0 Å². The highest BCUT2D eigenvalue weighted by Gasteiger charge is 2.06. The van der Waals surface area contributed by atoms with Crippen molar-refractivity contribution in [1.82, 2.24) is 4.90 Å². The van der Waals surface area contributed by atoms with Crippen LogP contribution in [0.3, 0.4) is 0 Å². The highest BCUT2D eigenvalue weighted by Crippen LogP contribution is 2.13. The Labute approximate surface area is 115 Å². The summed E-state index contributed by atoms with van der Waals surface area (Å²) in [5.41, 5.74) is 7.16. The molecule has 0 saturated carbocycles. The van der Waals surface area contributed by atoms with Gasteiger partial charge in [-0.05, 0) is 43.6 Å². The molecule has 0 bridgehead atoms. The number of hydrogen-bond acceptors (Lipinski definition) is 2. The first-order chi connectivity index (χ1) is 9.02. The normalized spacial score (nSPS) is 10.7. The van der Waals surface area contributed by atoms with Crippen LogP contribution in [0.4, 0.5) is 4.39 Å². The lowest BCUT2D eigenvalue weighted by atomic mass is 10.1. The Morgan fingerprint density at radius 2 is 2.11 bits per heavy atom. The largest absolute Gasteiger partial charge is 0.320 e. The Hall–Kier alpha value is -1.37. The molecule has 104 valence electrons. The molecule has 0 saturated heterocycles. The quantitative estimate of drug-likeness (QED) is 0.827. The van der Waals surface area contributed by atoms with Crippen molar-refractivity contribution in [3.05, 3.63) is 35.1 Å². The average Bonchev–Trinajstić information content (AvgIpc) is 2.36. The lowest BCUT2D eigenvalue weighted by Gasteiger charge is -2.18. The Kier molecular flexibility index (Phi) is 6.55. The summed E-state index contributed by atoms with van der Waals surface area (Å²) in [5.74, 6) is 6.16. The molecule has 2 N–H and O–H groups in total. The molecule has 1 aromatic rings. The predicted octanol–water partition coefficient (Wildman–Crippen LogP) is 2.61. The fourth-order valence-electron chi connectivity index (χ4n) is 1.80. The van der Waals surface area contributed by atoms with Gasteiger partial charge >= 0.3 is 0 Å². The van der Waals surface area contributed by atoms with Gasteiger partial charge in [0.2, 0.25) is 0 Å². The van der Waals surface area contributed by atoms with Crippen molar-refractivity contribution in [2.24, 2.45) is 11.7 Å². The summed E-state index contributed by atoms with van der Waals surface area (Å²) in [6.07, 6.45) is 1.15. The summed E-state index contributed by atoms with van der Waals surface area (Å²) in [6, 6.07) is 4.77. The van der Waals surface area contributed by atoms with Crippen molar-refractivity contribution in [2.45, 2.75) is 26.8 Å². The van der Waals surface area contributed by atoms with Crippen molar-refractivity contribution in [3.8, 4) is 11.8 Å². The van der Waals surface area contributed by atoms with Gasteiger partial charge in [0.1, 0.15) is 5.82 Å². The molecule has 0 radical (unpaired) electrons. The molecule has 0 unspecified atom stereocenters. The topological polar surface area (TPSA) is 29.3 Å². The zero-order valence-corrected chi connectivity index (χ0v) is 12.0. The molecule has 0 aliphatic carbocycles. The molecular formula is C16H23FN2. The minimum Gasteiger partial charge on any atom is -0.320 e. The second-order valence-corrected chi connectivity index (χ2v) is 5.23. The molecule has 19 heavy (non-hydrogen) atoms. The van der Waals surface area contributed by atoms with Crippen molar-refractivity contribution in [3.63, 3.8) is 0 Å². The minimum atomic E-state index is -0.255. The van der Waals surface area contributed by atoms with Crippen LogP contribution in [-0.2, 0) is 6.54 Å². The lowest BCUT2D eigenvalue weighted by Crippen LogP contribution is -2.21. The SMILES string of the molecule is CC(C)CCN(C)Cc1ccc(F)cc1C#CCN. The molecule has 0 spiro atoms. The van der Waals surface area contributed by atoms with Crippen LogP contribution in [0.1, 0.15) is 31.4 Å². The zero-order chi connectivity index (χ0) is 14.3. The van der Waals surface area contributed by atoms with E-state index in [0.29, 0.717) is 12.5 Å². The Bertz CT molecular complexity index is 458. The highest BCUT2D eigenvalue weighted by atomic mass is 19.1. The van der Waals surface area contributed by atoms with E-state index in [0.717, 1.165) is 30.6 Å². The van der Waals surface area contributed by atoms with Gasteiger partial charge in [-0.25, -0.2) is 4.39 Å². The minimum absolute atomic E-state index is 0.255. The standard InChI is InChI=1S/C16H23FN2/c1-13(2)8-10-19(3)12-15-6-7-16(17)11-14(15)5-4-9-18/h6-7,11,13H,8-10,12,18H2,1-3H3. The summed E-state index contributed by atoms with van der Waals surface area (Å²) in [7, 11) is 2.08. The molecule has 0 fully saturated rings. The molecule has 0 amide bonds. The van der Waals surface area contributed by atoms with E-state index in [4.69, 9.17) is 5.73 Å². The van der Waals surface area contributed by atoms with Crippen LogP contribution in [0, 0.1) is 23.6 Å². The maximum Gasteiger partial charge on any atom is 0.124 e. The highest BCUT2D eigenvalue weighted by molar-refractivity contribution is 5.41. The van der Waals surface area contributed by atoms with Crippen molar-refractivity contribution < 1.29 is 4.39 Å². The predicted molar refractivity (Wildman–Crippen MR) is 78.1 cm³/mol. The van der Waals surface area contributed by atoms with Crippen LogP contribution in [0.25, 0.3) is 0 Å². The van der Waals surface area contributed by atoms with E-state index in [1.54, 1.807) is 0 Å². The fourth-order valence-corrected chi connectivity index (χ4v) is 1.80. The molecule has 0 aliphatic rings. The first-order valence-electron chi connectivity index (χ1n) is 6.68. The monoisotopic (exact) mass is 262 g/mol. The number of halogens is 1. The summed E-state index contributed by atoms with van der Waals surface area (Å²) in [6.45, 7) is 6.52. The number of nitrogens with zero attached hydrogens (tertiary/aromatic N) is 1. The smallest absolute Gasteiger partial charge is 0.124 e. The summed E-state index contributed by atoms with van der Waals surface area (Å²) in [4.78, 5) is 2.24. The van der Waals surface area contributed by atoms with E-state index in [9.17, 15) is 4.39 Å².